The van der Waals surface area contributed by atoms with Crippen molar-refractivity contribution < 1.29 is 27.8 Å². The van der Waals surface area contributed by atoms with E-state index in [0.717, 1.165) is 5.56 Å². The summed E-state index contributed by atoms with van der Waals surface area (Å²) in [5.74, 6) is 0. The molecule has 0 aliphatic heterocycles. The Kier molecular flexibility index (Phi) is 5.62. The molecule has 0 radical (unpaired) electrons. The third-order valence-corrected chi connectivity index (χ3v) is 2.23. The average Bonchev–Trinajstić information content (AvgIpc) is 2.36. The minimum atomic E-state index is -4.56. The number of rotatable bonds is 5. The lowest BCUT2D eigenvalue weighted by molar-refractivity contribution is -0.160. The first-order valence-corrected chi connectivity index (χ1v) is 5.55. The summed E-state index contributed by atoms with van der Waals surface area (Å²) < 4.78 is 39.5. The number of carbonyl (C=O) groups excluding carboxylic acids is 1. The molecular weight excluding hydrogens is 263 g/mol. The highest BCUT2D eigenvalue weighted by Crippen LogP contribution is 2.14. The fourth-order valence-corrected chi connectivity index (χ4v) is 1.42. The van der Waals surface area contributed by atoms with Crippen LogP contribution in [0.1, 0.15) is 5.56 Å². The van der Waals surface area contributed by atoms with Gasteiger partial charge in [0.2, 0.25) is 0 Å². The Morgan fingerprint density at radius 2 is 1.95 bits per heavy atom. The summed E-state index contributed by atoms with van der Waals surface area (Å²) in [6, 6.07) is 8.25. The average molecular weight is 277 g/mol. The second kappa shape index (κ2) is 6.98. The van der Waals surface area contributed by atoms with Crippen LogP contribution in [0.25, 0.3) is 0 Å². The van der Waals surface area contributed by atoms with Gasteiger partial charge in [-0.25, -0.2) is 4.79 Å². The van der Waals surface area contributed by atoms with Crippen molar-refractivity contribution in [2.45, 2.75) is 18.6 Å². The SMILES string of the molecule is O=C(N[C@@H](CO)Cc1ccccc1)OCC(F)(F)F. The van der Waals surface area contributed by atoms with Gasteiger partial charge in [0.15, 0.2) is 6.61 Å². The van der Waals surface area contributed by atoms with E-state index in [9.17, 15) is 18.0 Å². The first-order chi connectivity index (χ1) is 8.90. The molecule has 19 heavy (non-hydrogen) atoms. The Morgan fingerprint density at radius 1 is 1.32 bits per heavy atom. The number of hydrogen-bond donors (Lipinski definition) is 2. The molecular formula is C12H14F3NO3. The van der Waals surface area contributed by atoms with E-state index in [-0.39, 0.29) is 0 Å². The fourth-order valence-electron chi connectivity index (χ4n) is 1.42. The number of alkyl carbamates (subject to hydrolysis) is 1. The fraction of sp³-hybridized carbons (Fsp3) is 0.417. The lowest BCUT2D eigenvalue weighted by Gasteiger charge is -2.16. The summed E-state index contributed by atoms with van der Waals surface area (Å²) in [5, 5.41) is 11.2. The molecule has 0 heterocycles. The largest absolute Gasteiger partial charge is 0.440 e. The van der Waals surface area contributed by atoms with Gasteiger partial charge in [-0.3, -0.25) is 0 Å². The Balaban J connectivity index is 2.42. The van der Waals surface area contributed by atoms with E-state index in [1.807, 2.05) is 6.07 Å². The van der Waals surface area contributed by atoms with Crippen molar-refractivity contribution in [2.24, 2.45) is 0 Å². The molecule has 0 fully saturated rings. The van der Waals surface area contributed by atoms with Crippen LogP contribution in [0, 0.1) is 0 Å². The van der Waals surface area contributed by atoms with Gasteiger partial charge >= 0.3 is 12.3 Å². The molecule has 0 saturated heterocycles. The maximum absolute atomic E-state index is 11.8. The molecule has 1 aromatic rings. The van der Waals surface area contributed by atoms with Gasteiger partial charge in [0.25, 0.3) is 0 Å². The molecule has 0 bridgehead atoms. The molecule has 7 heteroatoms. The quantitative estimate of drug-likeness (QED) is 0.864. The van der Waals surface area contributed by atoms with Crippen LogP contribution in [0.5, 0.6) is 0 Å². The van der Waals surface area contributed by atoms with Gasteiger partial charge in [0.05, 0.1) is 12.6 Å². The molecule has 0 unspecified atom stereocenters. The lowest BCUT2D eigenvalue weighted by atomic mass is 10.1. The molecule has 1 atom stereocenters. The third-order valence-electron chi connectivity index (χ3n) is 2.23. The van der Waals surface area contributed by atoms with Crippen LogP contribution in [-0.4, -0.2) is 36.6 Å². The molecule has 2 N–H and O–H groups in total. The number of hydrogen-bond acceptors (Lipinski definition) is 3. The van der Waals surface area contributed by atoms with Crippen LogP contribution in [-0.2, 0) is 11.2 Å². The Labute approximate surface area is 108 Å². The number of nitrogens with one attached hydrogen (secondary N) is 1. The van der Waals surface area contributed by atoms with Gasteiger partial charge in [-0.1, -0.05) is 30.3 Å². The van der Waals surface area contributed by atoms with E-state index < -0.39 is 31.5 Å². The monoisotopic (exact) mass is 277 g/mol. The van der Waals surface area contributed by atoms with Crippen molar-refractivity contribution >= 4 is 6.09 Å². The number of amides is 1. The lowest BCUT2D eigenvalue weighted by Crippen LogP contribution is -2.40. The summed E-state index contributed by atoms with van der Waals surface area (Å²) >= 11 is 0. The molecule has 0 saturated carbocycles. The highest BCUT2D eigenvalue weighted by Gasteiger charge is 2.29. The zero-order valence-electron chi connectivity index (χ0n) is 9.98. The van der Waals surface area contributed by atoms with Crippen molar-refractivity contribution in [2.75, 3.05) is 13.2 Å². The number of aliphatic hydroxyl groups is 1. The second-order valence-corrected chi connectivity index (χ2v) is 3.90. The van der Waals surface area contributed by atoms with Gasteiger partial charge in [-0.15, -0.1) is 0 Å². The first-order valence-electron chi connectivity index (χ1n) is 5.55. The second-order valence-electron chi connectivity index (χ2n) is 3.90. The highest BCUT2D eigenvalue weighted by molar-refractivity contribution is 5.67. The molecule has 0 aromatic heterocycles. The summed E-state index contributed by atoms with van der Waals surface area (Å²) in [4.78, 5) is 11.1. The van der Waals surface area contributed by atoms with E-state index in [4.69, 9.17) is 5.11 Å². The molecule has 1 amide bonds. The van der Waals surface area contributed by atoms with Crippen LogP contribution in [0.2, 0.25) is 0 Å². The topological polar surface area (TPSA) is 58.6 Å². The number of carbonyl (C=O) groups is 1. The molecule has 1 rings (SSSR count). The highest BCUT2D eigenvalue weighted by atomic mass is 19.4. The molecule has 4 nitrogen and oxygen atoms in total. The first kappa shape index (κ1) is 15.3. The van der Waals surface area contributed by atoms with Crippen molar-refractivity contribution in [1.29, 1.82) is 0 Å². The summed E-state index contributed by atoms with van der Waals surface area (Å²) in [6.45, 7) is -2.04. The predicted molar refractivity (Wildman–Crippen MR) is 61.6 cm³/mol. The summed E-state index contributed by atoms with van der Waals surface area (Å²) in [5.41, 5.74) is 0.845. The van der Waals surface area contributed by atoms with E-state index in [1.165, 1.54) is 0 Å². The van der Waals surface area contributed by atoms with Crippen LogP contribution >= 0.6 is 0 Å². The number of aliphatic hydroxyl groups excluding tert-OH is 1. The standard InChI is InChI=1S/C12H14F3NO3/c13-12(14,15)8-19-11(18)16-10(7-17)6-9-4-2-1-3-5-9/h1-5,10,17H,6-8H2,(H,16,18)/t10-/m1/s1. The van der Waals surface area contributed by atoms with Crippen molar-refractivity contribution in [3.05, 3.63) is 35.9 Å². The van der Waals surface area contributed by atoms with Crippen LogP contribution in [0.4, 0.5) is 18.0 Å². The zero-order chi connectivity index (χ0) is 14.3. The van der Waals surface area contributed by atoms with E-state index in [0.29, 0.717) is 6.42 Å². The van der Waals surface area contributed by atoms with Gasteiger partial charge < -0.3 is 15.2 Å². The molecule has 0 spiro atoms. The Hall–Kier alpha value is -1.76. The van der Waals surface area contributed by atoms with Crippen molar-refractivity contribution in [1.82, 2.24) is 5.32 Å². The maximum Gasteiger partial charge on any atom is 0.422 e. The van der Waals surface area contributed by atoms with E-state index in [2.05, 4.69) is 10.1 Å². The van der Waals surface area contributed by atoms with Crippen LogP contribution in [0.15, 0.2) is 30.3 Å². The van der Waals surface area contributed by atoms with Crippen molar-refractivity contribution in [3.63, 3.8) is 0 Å². The number of benzene rings is 1. The summed E-state index contributed by atoms with van der Waals surface area (Å²) in [7, 11) is 0. The van der Waals surface area contributed by atoms with Crippen LogP contribution in [0.3, 0.4) is 0 Å². The van der Waals surface area contributed by atoms with Gasteiger partial charge in [0, 0.05) is 0 Å². The minimum Gasteiger partial charge on any atom is -0.440 e. The maximum atomic E-state index is 11.8. The van der Waals surface area contributed by atoms with Gasteiger partial charge in [-0.05, 0) is 12.0 Å². The normalized spacial score (nSPS) is 12.8. The number of ether oxygens (including phenoxy) is 1. The number of halogens is 3. The third kappa shape index (κ3) is 6.66. The Bertz CT molecular complexity index is 395. The predicted octanol–water partition coefficient (Wildman–Crippen LogP) is 1.88. The molecule has 1 aromatic carbocycles. The smallest absolute Gasteiger partial charge is 0.422 e. The zero-order valence-corrected chi connectivity index (χ0v) is 9.98. The molecule has 106 valence electrons. The molecule has 0 aliphatic carbocycles. The summed E-state index contributed by atoms with van der Waals surface area (Å²) in [6.07, 6.45) is -5.46. The minimum absolute atomic E-state index is 0.304. The van der Waals surface area contributed by atoms with Crippen molar-refractivity contribution in [3.8, 4) is 0 Å². The van der Waals surface area contributed by atoms with Gasteiger partial charge in [0.1, 0.15) is 0 Å². The number of alkyl halides is 3. The van der Waals surface area contributed by atoms with Gasteiger partial charge in [-0.2, -0.15) is 13.2 Å². The Morgan fingerprint density at radius 3 is 2.47 bits per heavy atom. The van der Waals surface area contributed by atoms with E-state index >= 15 is 0 Å². The van der Waals surface area contributed by atoms with Crippen LogP contribution < -0.4 is 5.32 Å². The molecule has 0 aliphatic rings. The van der Waals surface area contributed by atoms with E-state index in [1.54, 1.807) is 24.3 Å².